The lowest BCUT2D eigenvalue weighted by molar-refractivity contribution is -0.927. The molecule has 0 fully saturated rings. The van der Waals surface area contributed by atoms with Crippen LogP contribution >= 0.6 is 0 Å². The van der Waals surface area contributed by atoms with E-state index in [0.717, 1.165) is 19.3 Å². The summed E-state index contributed by atoms with van der Waals surface area (Å²) in [6.07, 6.45) is 25.7. The average molecular weight is 542 g/mol. The fraction of sp³-hybridized carbons (Fsp3) is 0.903. The minimum absolute atomic E-state index is 0.0914. The van der Waals surface area contributed by atoms with Gasteiger partial charge in [-0.1, -0.05) is 122 Å². The van der Waals surface area contributed by atoms with Gasteiger partial charge in [-0.05, 0) is 12.8 Å². The molecule has 0 radical (unpaired) electrons. The van der Waals surface area contributed by atoms with E-state index >= 15 is 0 Å². The van der Waals surface area contributed by atoms with Crippen LogP contribution in [0.25, 0.3) is 0 Å². The summed E-state index contributed by atoms with van der Waals surface area (Å²) in [5, 5.41) is 29.3. The Labute approximate surface area is 233 Å². The molecule has 0 bridgehead atoms. The molecule has 38 heavy (non-hydrogen) atoms. The summed E-state index contributed by atoms with van der Waals surface area (Å²) in [6.45, 7) is 3.63. The van der Waals surface area contributed by atoms with Crippen LogP contribution in [0.15, 0.2) is 0 Å². The number of quaternary nitrogens is 1. The first-order valence-corrected chi connectivity index (χ1v) is 15.8. The Balaban J connectivity index is 3.85. The van der Waals surface area contributed by atoms with Crippen LogP contribution in [0.1, 0.15) is 155 Å². The van der Waals surface area contributed by atoms with Crippen molar-refractivity contribution in [3.63, 3.8) is 0 Å². The van der Waals surface area contributed by atoms with Crippen molar-refractivity contribution in [1.29, 1.82) is 0 Å². The predicted octanol–water partition coefficient (Wildman–Crippen LogP) is 6.71. The molecular weight excluding hydrogens is 482 g/mol. The van der Waals surface area contributed by atoms with Crippen LogP contribution in [-0.2, 0) is 14.4 Å². The Morgan fingerprint density at radius 1 is 0.474 bits per heavy atom. The van der Waals surface area contributed by atoms with Crippen molar-refractivity contribution in [2.75, 3.05) is 26.2 Å². The summed E-state index contributed by atoms with van der Waals surface area (Å²) < 4.78 is 0.228. The SMILES string of the molecule is CCCCCCCCCCCCCCCCCCCCCC[N+](CCC(=O)[O-])(CCC(=O)O)CCC(=O)O. The molecule has 0 aromatic heterocycles. The first kappa shape index (κ1) is 36.4. The van der Waals surface area contributed by atoms with Crippen molar-refractivity contribution in [1.82, 2.24) is 0 Å². The molecule has 7 heteroatoms. The van der Waals surface area contributed by atoms with Crippen LogP contribution < -0.4 is 5.11 Å². The third kappa shape index (κ3) is 24.7. The summed E-state index contributed by atoms with van der Waals surface area (Å²) in [7, 11) is 0. The smallest absolute Gasteiger partial charge is 0.309 e. The van der Waals surface area contributed by atoms with Crippen molar-refractivity contribution in [3.05, 3.63) is 0 Å². The Morgan fingerprint density at radius 2 is 0.763 bits per heavy atom. The molecule has 0 saturated heterocycles. The first-order valence-electron chi connectivity index (χ1n) is 15.8. The predicted molar refractivity (Wildman–Crippen MR) is 152 cm³/mol. The molecule has 0 amide bonds. The fourth-order valence-electron chi connectivity index (χ4n) is 5.37. The molecule has 0 aromatic carbocycles. The van der Waals surface area contributed by atoms with Crippen molar-refractivity contribution in [2.24, 2.45) is 0 Å². The molecule has 0 aliphatic carbocycles. The van der Waals surface area contributed by atoms with Gasteiger partial charge in [0.05, 0.1) is 39.0 Å². The third-order valence-corrected chi connectivity index (χ3v) is 7.88. The molecule has 0 unspecified atom stereocenters. The second-order valence-corrected chi connectivity index (χ2v) is 11.4. The van der Waals surface area contributed by atoms with Gasteiger partial charge in [-0.25, -0.2) is 0 Å². The van der Waals surface area contributed by atoms with E-state index in [-0.39, 0.29) is 43.4 Å². The normalized spacial score (nSPS) is 11.6. The van der Waals surface area contributed by atoms with Crippen molar-refractivity contribution >= 4 is 17.9 Å². The van der Waals surface area contributed by atoms with E-state index in [4.69, 9.17) is 10.2 Å². The Morgan fingerprint density at radius 3 is 1.05 bits per heavy atom. The van der Waals surface area contributed by atoms with Gasteiger partial charge in [0.25, 0.3) is 0 Å². The van der Waals surface area contributed by atoms with Crippen LogP contribution in [0.3, 0.4) is 0 Å². The number of hydrogen-bond donors (Lipinski definition) is 2. The number of nitrogens with zero attached hydrogens (tertiary/aromatic N) is 1. The standard InChI is InChI=1S/C31H59NO6/c1-2-3-4-5-6-7-8-9-10-11-12-13-14-15-16-17-18-19-20-21-25-32(26-22-29(33)34,27-23-30(35)36)28-24-31(37)38/h2-28H2,1H3,(H2-,33,34,35,36,37,38). The van der Waals surface area contributed by atoms with E-state index in [1.165, 1.54) is 109 Å². The largest absolute Gasteiger partial charge is 0.550 e. The Hall–Kier alpha value is -1.63. The minimum atomic E-state index is -1.18. The number of unbranched alkanes of at least 4 members (excludes halogenated alkanes) is 19. The lowest BCUT2D eigenvalue weighted by atomic mass is 10.0. The highest BCUT2D eigenvalue weighted by Gasteiger charge is 2.28. The number of carboxylic acids is 3. The first-order chi connectivity index (χ1) is 18.3. The zero-order valence-electron chi connectivity index (χ0n) is 24.6. The molecule has 224 valence electrons. The molecule has 0 rings (SSSR count). The molecule has 0 aliphatic heterocycles. The van der Waals surface area contributed by atoms with Crippen molar-refractivity contribution in [3.8, 4) is 0 Å². The Kier molecular flexibility index (Phi) is 24.5. The lowest BCUT2D eigenvalue weighted by Crippen LogP contribution is -2.53. The van der Waals surface area contributed by atoms with Gasteiger partial charge in [0, 0.05) is 12.4 Å². The fourth-order valence-corrected chi connectivity index (χ4v) is 5.37. The summed E-state index contributed by atoms with van der Waals surface area (Å²) in [6, 6.07) is 0. The summed E-state index contributed by atoms with van der Waals surface area (Å²) >= 11 is 0. The Bertz CT molecular complexity index is 549. The van der Waals surface area contributed by atoms with E-state index in [2.05, 4.69) is 6.92 Å². The zero-order chi connectivity index (χ0) is 28.3. The van der Waals surface area contributed by atoms with Gasteiger partial charge in [0.1, 0.15) is 0 Å². The number of carbonyl (C=O) groups is 3. The molecule has 0 heterocycles. The number of hydrogen-bond acceptors (Lipinski definition) is 4. The number of aliphatic carboxylic acids is 3. The molecule has 0 aliphatic rings. The highest BCUT2D eigenvalue weighted by molar-refractivity contribution is 5.67. The van der Waals surface area contributed by atoms with Gasteiger partial charge in [-0.3, -0.25) is 9.59 Å². The van der Waals surface area contributed by atoms with Gasteiger partial charge >= 0.3 is 11.9 Å². The van der Waals surface area contributed by atoms with E-state index < -0.39 is 17.9 Å². The molecule has 2 N–H and O–H groups in total. The minimum Gasteiger partial charge on any atom is -0.550 e. The van der Waals surface area contributed by atoms with E-state index in [9.17, 15) is 19.5 Å². The van der Waals surface area contributed by atoms with Gasteiger partial charge in [-0.15, -0.1) is 0 Å². The molecule has 0 atom stereocenters. The molecule has 0 aromatic rings. The van der Waals surface area contributed by atoms with Gasteiger partial charge in [0.2, 0.25) is 0 Å². The van der Waals surface area contributed by atoms with Crippen LogP contribution in [0.5, 0.6) is 0 Å². The quantitative estimate of drug-likeness (QED) is 0.0771. The van der Waals surface area contributed by atoms with Crippen molar-refractivity contribution in [2.45, 2.75) is 155 Å². The molecule has 7 nitrogen and oxygen atoms in total. The lowest BCUT2D eigenvalue weighted by Gasteiger charge is -2.38. The highest BCUT2D eigenvalue weighted by Crippen LogP contribution is 2.17. The maximum Gasteiger partial charge on any atom is 0.309 e. The number of rotatable bonds is 30. The average Bonchev–Trinajstić information content (AvgIpc) is 2.88. The van der Waals surface area contributed by atoms with E-state index in [1.807, 2.05) is 0 Å². The molecule has 0 spiro atoms. The van der Waals surface area contributed by atoms with Crippen LogP contribution in [0.2, 0.25) is 0 Å². The van der Waals surface area contributed by atoms with Gasteiger partial charge < -0.3 is 24.6 Å². The highest BCUT2D eigenvalue weighted by atomic mass is 16.4. The van der Waals surface area contributed by atoms with Crippen LogP contribution in [-0.4, -0.2) is 58.8 Å². The maximum absolute atomic E-state index is 11.1. The summed E-state index contributed by atoms with van der Waals surface area (Å²) in [5.74, 6) is -3.07. The third-order valence-electron chi connectivity index (χ3n) is 7.88. The van der Waals surface area contributed by atoms with Crippen molar-refractivity contribution < 1.29 is 34.2 Å². The second-order valence-electron chi connectivity index (χ2n) is 11.4. The van der Waals surface area contributed by atoms with Crippen LogP contribution in [0.4, 0.5) is 0 Å². The van der Waals surface area contributed by atoms with Gasteiger partial charge in [0.15, 0.2) is 0 Å². The molecular formula is C31H59NO6. The number of carbonyl (C=O) groups excluding carboxylic acids is 1. The van der Waals surface area contributed by atoms with E-state index in [0.29, 0.717) is 6.54 Å². The van der Waals surface area contributed by atoms with Gasteiger partial charge in [-0.2, -0.15) is 0 Å². The summed E-state index contributed by atoms with van der Waals surface area (Å²) in [4.78, 5) is 33.3. The summed E-state index contributed by atoms with van der Waals surface area (Å²) in [5.41, 5.74) is 0. The maximum atomic E-state index is 11.1. The zero-order valence-corrected chi connectivity index (χ0v) is 24.6. The molecule has 0 saturated carbocycles. The van der Waals surface area contributed by atoms with Crippen LogP contribution in [0, 0.1) is 0 Å². The van der Waals surface area contributed by atoms with E-state index in [1.54, 1.807) is 0 Å². The number of carboxylic acid groups (broad SMARTS) is 3. The monoisotopic (exact) mass is 541 g/mol. The topological polar surface area (TPSA) is 115 Å². The second kappa shape index (κ2) is 25.6.